The minimum Gasteiger partial charge on any atom is -0.497 e. The minimum absolute atomic E-state index is 0.0900. The third kappa shape index (κ3) is 2.86. The van der Waals surface area contributed by atoms with E-state index in [4.69, 9.17) is 4.74 Å². The highest BCUT2D eigenvalue weighted by Crippen LogP contribution is 2.43. The largest absolute Gasteiger partial charge is 0.497 e. The van der Waals surface area contributed by atoms with Crippen LogP contribution in [0.15, 0.2) is 77.7 Å². The van der Waals surface area contributed by atoms with Crippen molar-refractivity contribution in [2.75, 3.05) is 7.11 Å². The van der Waals surface area contributed by atoms with Crippen LogP contribution in [-0.4, -0.2) is 25.7 Å². The Morgan fingerprint density at radius 2 is 1.61 bits per heavy atom. The lowest BCUT2D eigenvalue weighted by Crippen LogP contribution is -2.35. The molecule has 1 aliphatic rings. The molecule has 0 saturated heterocycles. The number of amides is 1. The molecule has 28 heavy (non-hydrogen) atoms. The lowest BCUT2D eigenvalue weighted by Gasteiger charge is -2.25. The molecular formula is C22H19NO4S. The minimum atomic E-state index is -4.05. The van der Waals surface area contributed by atoms with Gasteiger partial charge in [-0.1, -0.05) is 48.0 Å². The fourth-order valence-corrected chi connectivity index (χ4v) is 5.01. The summed E-state index contributed by atoms with van der Waals surface area (Å²) in [6.45, 7) is 1.88. The van der Waals surface area contributed by atoms with E-state index in [1.54, 1.807) is 30.3 Å². The number of fused-ring (bicyclic) bond motifs is 1. The van der Waals surface area contributed by atoms with Crippen LogP contribution in [0.5, 0.6) is 5.75 Å². The number of hydrogen-bond acceptors (Lipinski definition) is 4. The summed E-state index contributed by atoms with van der Waals surface area (Å²) >= 11 is 0. The normalized spacial score (nSPS) is 16.1. The highest BCUT2D eigenvalue weighted by atomic mass is 32.2. The zero-order chi connectivity index (χ0) is 19.9. The van der Waals surface area contributed by atoms with E-state index in [0.29, 0.717) is 16.9 Å². The van der Waals surface area contributed by atoms with Gasteiger partial charge in [-0.15, -0.1) is 0 Å². The number of carbonyl (C=O) groups is 1. The topological polar surface area (TPSA) is 63.7 Å². The maximum atomic E-state index is 13.4. The molecule has 1 aliphatic heterocycles. The maximum Gasteiger partial charge on any atom is 0.268 e. The summed E-state index contributed by atoms with van der Waals surface area (Å²) in [5.74, 6) is 0.0362. The number of carbonyl (C=O) groups excluding carboxylic acids is 1. The predicted octanol–water partition coefficient (Wildman–Crippen LogP) is 3.94. The van der Waals surface area contributed by atoms with Gasteiger partial charge < -0.3 is 4.74 Å². The molecule has 1 atom stereocenters. The van der Waals surface area contributed by atoms with Crippen LogP contribution in [0, 0.1) is 6.92 Å². The van der Waals surface area contributed by atoms with Crippen LogP contribution >= 0.6 is 0 Å². The third-order valence-corrected chi connectivity index (χ3v) is 6.67. The molecule has 0 aliphatic carbocycles. The molecule has 0 spiro atoms. The smallest absolute Gasteiger partial charge is 0.268 e. The molecule has 1 heterocycles. The fourth-order valence-electron chi connectivity index (χ4n) is 3.47. The van der Waals surface area contributed by atoms with E-state index < -0.39 is 22.0 Å². The second-order valence-electron chi connectivity index (χ2n) is 6.69. The van der Waals surface area contributed by atoms with Crippen LogP contribution in [0.2, 0.25) is 0 Å². The average Bonchev–Trinajstić information content (AvgIpc) is 3.01. The molecule has 0 aromatic heterocycles. The SMILES string of the molecule is COc1ccc2c(c1)[C@H](c1ccccc1)N(S(=O)(=O)c1ccc(C)cc1)C2=O. The number of sulfonamides is 1. The van der Waals surface area contributed by atoms with Gasteiger partial charge in [-0.05, 0) is 48.4 Å². The molecule has 0 radical (unpaired) electrons. The Labute approximate surface area is 164 Å². The molecule has 1 amide bonds. The quantitative estimate of drug-likeness (QED) is 0.674. The van der Waals surface area contributed by atoms with Gasteiger partial charge in [0.1, 0.15) is 5.75 Å². The fraction of sp³-hybridized carbons (Fsp3) is 0.136. The standard InChI is InChI=1S/C22H19NO4S/c1-15-8-11-18(12-9-15)28(25,26)23-21(16-6-4-3-5-7-16)20-14-17(27-2)10-13-19(20)22(23)24/h3-14,21H,1-2H3/t21-/m0/s1. The Hall–Kier alpha value is -3.12. The van der Waals surface area contributed by atoms with Crippen molar-refractivity contribution in [2.24, 2.45) is 0 Å². The van der Waals surface area contributed by atoms with E-state index in [2.05, 4.69) is 0 Å². The van der Waals surface area contributed by atoms with Crippen LogP contribution in [-0.2, 0) is 10.0 Å². The lowest BCUT2D eigenvalue weighted by molar-refractivity contribution is 0.0865. The Morgan fingerprint density at radius 3 is 2.25 bits per heavy atom. The number of hydrogen-bond donors (Lipinski definition) is 0. The van der Waals surface area contributed by atoms with E-state index in [9.17, 15) is 13.2 Å². The zero-order valence-corrected chi connectivity index (χ0v) is 16.3. The molecule has 142 valence electrons. The first-order valence-corrected chi connectivity index (χ1v) is 10.3. The van der Waals surface area contributed by atoms with Gasteiger partial charge in [-0.2, -0.15) is 0 Å². The maximum absolute atomic E-state index is 13.4. The lowest BCUT2D eigenvalue weighted by atomic mass is 9.98. The second-order valence-corrected chi connectivity index (χ2v) is 8.50. The molecule has 5 nitrogen and oxygen atoms in total. The van der Waals surface area contributed by atoms with Crippen molar-refractivity contribution in [3.05, 3.63) is 95.1 Å². The number of benzene rings is 3. The van der Waals surface area contributed by atoms with Crippen LogP contribution in [0.3, 0.4) is 0 Å². The second kappa shape index (κ2) is 6.80. The van der Waals surface area contributed by atoms with E-state index >= 15 is 0 Å². The van der Waals surface area contributed by atoms with Gasteiger partial charge in [0, 0.05) is 5.56 Å². The first-order chi connectivity index (χ1) is 13.4. The molecule has 6 heteroatoms. The van der Waals surface area contributed by atoms with Crippen molar-refractivity contribution in [3.63, 3.8) is 0 Å². The predicted molar refractivity (Wildman–Crippen MR) is 106 cm³/mol. The average molecular weight is 393 g/mol. The molecule has 4 rings (SSSR count). The summed E-state index contributed by atoms with van der Waals surface area (Å²) in [6.07, 6.45) is 0. The first-order valence-electron chi connectivity index (χ1n) is 8.82. The summed E-state index contributed by atoms with van der Waals surface area (Å²) in [5, 5.41) is 0. The Bertz CT molecular complexity index is 1140. The Balaban J connectivity index is 1.93. The molecular weight excluding hydrogens is 374 g/mol. The van der Waals surface area contributed by atoms with E-state index in [1.807, 2.05) is 37.3 Å². The molecule has 0 bridgehead atoms. The Kier molecular flexibility index (Phi) is 4.43. The third-order valence-electron chi connectivity index (χ3n) is 4.91. The van der Waals surface area contributed by atoms with E-state index in [-0.39, 0.29) is 4.90 Å². The molecule has 0 fully saturated rings. The van der Waals surface area contributed by atoms with Crippen LogP contribution < -0.4 is 4.74 Å². The zero-order valence-electron chi connectivity index (χ0n) is 15.5. The number of nitrogens with zero attached hydrogens (tertiary/aromatic N) is 1. The van der Waals surface area contributed by atoms with Crippen molar-refractivity contribution < 1.29 is 17.9 Å². The molecule has 0 saturated carbocycles. The van der Waals surface area contributed by atoms with Gasteiger partial charge in [0.05, 0.1) is 18.0 Å². The van der Waals surface area contributed by atoms with Gasteiger partial charge in [0.25, 0.3) is 15.9 Å². The van der Waals surface area contributed by atoms with Crippen LogP contribution in [0.4, 0.5) is 0 Å². The van der Waals surface area contributed by atoms with Crippen molar-refractivity contribution in [2.45, 2.75) is 17.9 Å². The summed E-state index contributed by atoms with van der Waals surface area (Å²) in [7, 11) is -2.51. The monoisotopic (exact) mass is 393 g/mol. The number of rotatable bonds is 4. The van der Waals surface area contributed by atoms with Crippen LogP contribution in [0.25, 0.3) is 0 Å². The molecule has 3 aromatic rings. The highest BCUT2D eigenvalue weighted by Gasteiger charge is 2.45. The number of methoxy groups -OCH3 is 1. The molecule has 0 N–H and O–H groups in total. The van der Waals surface area contributed by atoms with Gasteiger partial charge in [0.2, 0.25) is 0 Å². The van der Waals surface area contributed by atoms with Crippen LogP contribution in [0.1, 0.15) is 33.1 Å². The summed E-state index contributed by atoms with van der Waals surface area (Å²) in [4.78, 5) is 13.3. The van der Waals surface area contributed by atoms with E-state index in [0.717, 1.165) is 15.4 Å². The highest BCUT2D eigenvalue weighted by molar-refractivity contribution is 7.89. The van der Waals surface area contributed by atoms with Gasteiger partial charge in [0.15, 0.2) is 0 Å². The summed E-state index contributed by atoms with van der Waals surface area (Å²) in [5.41, 5.74) is 2.65. The summed E-state index contributed by atoms with van der Waals surface area (Å²) in [6, 6.07) is 19.9. The van der Waals surface area contributed by atoms with Crippen molar-refractivity contribution in [3.8, 4) is 5.75 Å². The van der Waals surface area contributed by atoms with Gasteiger partial charge in [-0.25, -0.2) is 12.7 Å². The van der Waals surface area contributed by atoms with Crippen molar-refractivity contribution >= 4 is 15.9 Å². The first kappa shape index (κ1) is 18.3. The Morgan fingerprint density at radius 1 is 0.929 bits per heavy atom. The van der Waals surface area contributed by atoms with Crippen molar-refractivity contribution in [1.29, 1.82) is 0 Å². The number of aryl methyl sites for hydroxylation is 1. The van der Waals surface area contributed by atoms with Gasteiger partial charge >= 0.3 is 0 Å². The summed E-state index contributed by atoms with van der Waals surface area (Å²) < 4.78 is 33.2. The number of ether oxygens (including phenoxy) is 1. The van der Waals surface area contributed by atoms with E-state index in [1.165, 1.54) is 19.2 Å². The van der Waals surface area contributed by atoms with Crippen molar-refractivity contribution in [1.82, 2.24) is 4.31 Å². The molecule has 3 aromatic carbocycles. The molecule has 0 unspecified atom stereocenters. The van der Waals surface area contributed by atoms with Gasteiger partial charge in [-0.3, -0.25) is 4.79 Å².